The molecule has 0 fully saturated rings. The maximum atomic E-state index is 5.42. The Morgan fingerprint density at radius 3 is 2.44 bits per heavy atom. The lowest BCUT2D eigenvalue weighted by atomic mass is 10.2. The van der Waals surface area contributed by atoms with Gasteiger partial charge in [-0.05, 0) is 12.5 Å². The highest BCUT2D eigenvalue weighted by molar-refractivity contribution is 5.27. The lowest BCUT2D eigenvalue weighted by Crippen LogP contribution is -2.01. The van der Waals surface area contributed by atoms with Crippen molar-refractivity contribution in [1.82, 2.24) is 0 Å². The molecular formula is C7H12N2. The van der Waals surface area contributed by atoms with Crippen molar-refractivity contribution in [1.29, 1.82) is 0 Å². The van der Waals surface area contributed by atoms with Crippen molar-refractivity contribution in [2.75, 3.05) is 0 Å². The average Bonchev–Trinajstić information content (AvgIpc) is 1.87. The predicted molar refractivity (Wildman–Crippen MR) is 40.4 cm³/mol. The van der Waals surface area contributed by atoms with Crippen LogP contribution in [0.2, 0.25) is 0 Å². The minimum absolute atomic E-state index is 0.593. The minimum atomic E-state index is 0.593. The summed E-state index contributed by atoms with van der Waals surface area (Å²) in [4.78, 5) is 0. The molecule has 0 unspecified atom stereocenters. The van der Waals surface area contributed by atoms with E-state index in [1.165, 1.54) is 6.20 Å². The largest absolute Gasteiger partial charge is 0.403 e. The van der Waals surface area contributed by atoms with Gasteiger partial charge in [0.1, 0.15) is 0 Å². The van der Waals surface area contributed by atoms with Crippen molar-refractivity contribution in [3.63, 3.8) is 0 Å². The normalized spacial score (nSPS) is 13.4. The Hall–Kier alpha value is -1.18. The minimum Gasteiger partial charge on any atom is -0.403 e. The lowest BCUT2D eigenvalue weighted by molar-refractivity contribution is 1.26. The van der Waals surface area contributed by atoms with Gasteiger partial charge in [-0.1, -0.05) is 18.7 Å². The summed E-state index contributed by atoms with van der Waals surface area (Å²) >= 11 is 0. The molecule has 0 aliphatic carbocycles. The van der Waals surface area contributed by atoms with Crippen LogP contribution in [0.3, 0.4) is 0 Å². The SMILES string of the molecule is C=C/C=C(C)\C(N)=C/N. The molecule has 9 heavy (non-hydrogen) atoms. The summed E-state index contributed by atoms with van der Waals surface area (Å²) in [7, 11) is 0. The summed E-state index contributed by atoms with van der Waals surface area (Å²) < 4.78 is 0. The molecule has 0 amide bonds. The Morgan fingerprint density at radius 2 is 2.11 bits per heavy atom. The van der Waals surface area contributed by atoms with Gasteiger partial charge in [0.2, 0.25) is 0 Å². The Bertz CT molecular complexity index is 154. The van der Waals surface area contributed by atoms with E-state index in [9.17, 15) is 0 Å². The topological polar surface area (TPSA) is 52.0 Å². The molecule has 0 heterocycles. The highest BCUT2D eigenvalue weighted by atomic mass is 14.6. The Labute approximate surface area is 55.5 Å². The van der Waals surface area contributed by atoms with Crippen LogP contribution in [0.4, 0.5) is 0 Å². The van der Waals surface area contributed by atoms with Gasteiger partial charge in [0.15, 0.2) is 0 Å². The first-order chi connectivity index (χ1) is 4.22. The second-order valence-corrected chi connectivity index (χ2v) is 1.71. The molecule has 0 saturated carbocycles. The zero-order chi connectivity index (χ0) is 7.28. The van der Waals surface area contributed by atoms with Crippen molar-refractivity contribution in [3.05, 3.63) is 36.2 Å². The van der Waals surface area contributed by atoms with Gasteiger partial charge in [-0.25, -0.2) is 0 Å². The van der Waals surface area contributed by atoms with Crippen molar-refractivity contribution >= 4 is 0 Å². The summed E-state index contributed by atoms with van der Waals surface area (Å²) in [5.41, 5.74) is 12.1. The third kappa shape index (κ3) is 2.59. The van der Waals surface area contributed by atoms with Gasteiger partial charge in [0, 0.05) is 6.20 Å². The van der Waals surface area contributed by atoms with Gasteiger partial charge < -0.3 is 11.5 Å². The Balaban J connectivity index is 4.19. The zero-order valence-electron chi connectivity index (χ0n) is 5.59. The van der Waals surface area contributed by atoms with E-state index in [2.05, 4.69) is 6.58 Å². The van der Waals surface area contributed by atoms with Gasteiger partial charge in [0.25, 0.3) is 0 Å². The summed E-state index contributed by atoms with van der Waals surface area (Å²) in [6.45, 7) is 5.39. The van der Waals surface area contributed by atoms with Crippen molar-refractivity contribution in [3.8, 4) is 0 Å². The van der Waals surface area contributed by atoms with Crippen LogP contribution in [-0.4, -0.2) is 0 Å². The third-order valence-electron chi connectivity index (χ3n) is 1.00. The predicted octanol–water partition coefficient (Wildman–Crippen LogP) is 0.878. The van der Waals surface area contributed by atoms with E-state index < -0.39 is 0 Å². The first-order valence-corrected chi connectivity index (χ1v) is 2.69. The third-order valence-corrected chi connectivity index (χ3v) is 1.00. The van der Waals surface area contributed by atoms with E-state index in [1.807, 2.05) is 6.92 Å². The average molecular weight is 124 g/mol. The van der Waals surface area contributed by atoms with Gasteiger partial charge in [-0.2, -0.15) is 0 Å². The highest BCUT2D eigenvalue weighted by Crippen LogP contribution is 1.99. The molecule has 0 saturated heterocycles. The van der Waals surface area contributed by atoms with Gasteiger partial charge >= 0.3 is 0 Å². The van der Waals surface area contributed by atoms with Crippen LogP contribution in [0.1, 0.15) is 6.92 Å². The van der Waals surface area contributed by atoms with E-state index in [4.69, 9.17) is 11.5 Å². The molecule has 0 aliphatic rings. The molecule has 0 spiro atoms. The maximum Gasteiger partial charge on any atom is 0.0501 e. The molecular weight excluding hydrogens is 112 g/mol. The Kier molecular flexibility index (Phi) is 3.28. The molecule has 2 heteroatoms. The van der Waals surface area contributed by atoms with Crippen molar-refractivity contribution in [2.45, 2.75) is 6.92 Å². The van der Waals surface area contributed by atoms with Crippen LogP contribution in [0, 0.1) is 0 Å². The zero-order valence-corrected chi connectivity index (χ0v) is 5.59. The summed E-state index contributed by atoms with van der Waals surface area (Å²) in [6, 6.07) is 0. The second kappa shape index (κ2) is 3.78. The Morgan fingerprint density at radius 1 is 1.56 bits per heavy atom. The molecule has 50 valence electrons. The summed E-state index contributed by atoms with van der Waals surface area (Å²) in [6.07, 6.45) is 4.85. The smallest absolute Gasteiger partial charge is 0.0501 e. The fourth-order valence-electron chi connectivity index (χ4n) is 0.404. The van der Waals surface area contributed by atoms with Crippen LogP contribution in [-0.2, 0) is 0 Å². The van der Waals surface area contributed by atoms with E-state index in [-0.39, 0.29) is 0 Å². The van der Waals surface area contributed by atoms with Gasteiger partial charge in [-0.3, -0.25) is 0 Å². The van der Waals surface area contributed by atoms with Crippen LogP contribution in [0.5, 0.6) is 0 Å². The van der Waals surface area contributed by atoms with E-state index >= 15 is 0 Å². The molecule has 4 N–H and O–H groups in total. The monoisotopic (exact) mass is 124 g/mol. The van der Waals surface area contributed by atoms with Crippen LogP contribution >= 0.6 is 0 Å². The standard InChI is InChI=1S/C7H12N2/c1-3-4-6(2)7(9)5-8/h3-5H,1,8-9H2,2H3/b6-4-,7-5+. The van der Waals surface area contributed by atoms with E-state index in [0.29, 0.717) is 5.70 Å². The molecule has 0 rings (SSSR count). The van der Waals surface area contributed by atoms with Crippen molar-refractivity contribution < 1.29 is 0 Å². The van der Waals surface area contributed by atoms with Gasteiger partial charge in [-0.15, -0.1) is 0 Å². The fraction of sp³-hybridized carbons (Fsp3) is 0.143. The van der Waals surface area contributed by atoms with E-state index in [0.717, 1.165) is 5.57 Å². The summed E-state index contributed by atoms with van der Waals surface area (Å²) in [5, 5.41) is 0. The number of allylic oxidation sites excluding steroid dienone is 3. The second-order valence-electron chi connectivity index (χ2n) is 1.71. The maximum absolute atomic E-state index is 5.42. The first-order valence-electron chi connectivity index (χ1n) is 2.69. The van der Waals surface area contributed by atoms with Crippen LogP contribution in [0.25, 0.3) is 0 Å². The molecule has 0 aliphatic heterocycles. The molecule has 0 atom stereocenters. The molecule has 0 bridgehead atoms. The fourth-order valence-corrected chi connectivity index (χ4v) is 0.404. The lowest BCUT2D eigenvalue weighted by Gasteiger charge is -1.95. The number of rotatable bonds is 2. The number of hydrogen-bond acceptors (Lipinski definition) is 2. The van der Waals surface area contributed by atoms with Crippen LogP contribution in [0.15, 0.2) is 36.2 Å². The number of hydrogen-bond donors (Lipinski definition) is 2. The quantitative estimate of drug-likeness (QED) is 0.537. The molecule has 0 aromatic rings. The summed E-state index contributed by atoms with van der Waals surface area (Å²) in [5.74, 6) is 0. The molecule has 0 radical (unpaired) electrons. The molecule has 2 nitrogen and oxygen atoms in total. The first kappa shape index (κ1) is 7.82. The molecule has 0 aromatic carbocycles. The highest BCUT2D eigenvalue weighted by Gasteiger charge is 1.87. The van der Waals surface area contributed by atoms with E-state index in [1.54, 1.807) is 12.2 Å². The number of nitrogens with two attached hydrogens (primary N) is 2. The van der Waals surface area contributed by atoms with Gasteiger partial charge in [0.05, 0.1) is 5.70 Å². The van der Waals surface area contributed by atoms with Crippen molar-refractivity contribution in [2.24, 2.45) is 11.5 Å². The van der Waals surface area contributed by atoms with Crippen LogP contribution < -0.4 is 11.5 Å². The molecule has 0 aromatic heterocycles.